The molecule has 3 rings (SSSR count). The van der Waals surface area contributed by atoms with Crippen LogP contribution in [0.4, 0.5) is 0 Å². The summed E-state index contributed by atoms with van der Waals surface area (Å²) in [5.74, 6) is 0.529. The molecule has 106 valence electrons. The topological polar surface area (TPSA) is 35.5 Å². The highest BCUT2D eigenvalue weighted by atomic mass is 16.5. The molecule has 0 aliphatic carbocycles. The summed E-state index contributed by atoms with van der Waals surface area (Å²) >= 11 is 0. The maximum atomic E-state index is 12.0. The predicted molar refractivity (Wildman–Crippen MR) is 81.0 cm³/mol. The minimum absolute atomic E-state index is 0.244. The number of ether oxygens (including phenoxy) is 2. The summed E-state index contributed by atoms with van der Waals surface area (Å²) in [6.45, 7) is 0.370. The number of esters is 1. The molecule has 2 aromatic carbocycles. The molecular formula is C18H16O3. The highest BCUT2D eigenvalue weighted by Crippen LogP contribution is 2.29. The SMILES string of the molecule is COc1ccc(C2=C(Cc3ccccc3)COC2=O)cc1. The van der Waals surface area contributed by atoms with Gasteiger partial charge in [0, 0.05) is 0 Å². The quantitative estimate of drug-likeness (QED) is 0.806. The van der Waals surface area contributed by atoms with E-state index in [0.29, 0.717) is 12.2 Å². The van der Waals surface area contributed by atoms with Gasteiger partial charge in [0.05, 0.1) is 12.7 Å². The normalized spacial score (nSPS) is 14.2. The molecule has 3 nitrogen and oxygen atoms in total. The summed E-state index contributed by atoms with van der Waals surface area (Å²) in [6, 6.07) is 17.6. The van der Waals surface area contributed by atoms with Gasteiger partial charge in [-0.1, -0.05) is 42.5 Å². The van der Waals surface area contributed by atoms with E-state index >= 15 is 0 Å². The molecule has 0 bridgehead atoms. The maximum absolute atomic E-state index is 12.0. The lowest BCUT2D eigenvalue weighted by Gasteiger charge is -2.06. The van der Waals surface area contributed by atoms with Crippen LogP contribution in [0.1, 0.15) is 11.1 Å². The Kier molecular flexibility index (Phi) is 3.73. The van der Waals surface area contributed by atoms with Crippen molar-refractivity contribution in [1.29, 1.82) is 0 Å². The van der Waals surface area contributed by atoms with E-state index in [0.717, 1.165) is 23.3 Å². The number of methoxy groups -OCH3 is 1. The Hall–Kier alpha value is -2.55. The van der Waals surface area contributed by atoms with Crippen molar-refractivity contribution in [2.45, 2.75) is 6.42 Å². The largest absolute Gasteiger partial charge is 0.497 e. The highest BCUT2D eigenvalue weighted by molar-refractivity contribution is 6.19. The van der Waals surface area contributed by atoms with Gasteiger partial charge in [-0.3, -0.25) is 0 Å². The van der Waals surface area contributed by atoms with E-state index in [4.69, 9.17) is 9.47 Å². The van der Waals surface area contributed by atoms with E-state index < -0.39 is 0 Å². The van der Waals surface area contributed by atoms with Crippen LogP contribution in [0.25, 0.3) is 5.57 Å². The van der Waals surface area contributed by atoms with Crippen LogP contribution < -0.4 is 4.74 Å². The number of cyclic esters (lactones) is 1. The molecule has 0 radical (unpaired) electrons. The van der Waals surface area contributed by atoms with Gasteiger partial charge in [-0.25, -0.2) is 4.79 Å². The molecule has 0 amide bonds. The van der Waals surface area contributed by atoms with Gasteiger partial charge in [-0.2, -0.15) is 0 Å². The fourth-order valence-corrected chi connectivity index (χ4v) is 2.50. The van der Waals surface area contributed by atoms with Crippen molar-refractivity contribution in [3.63, 3.8) is 0 Å². The molecule has 0 N–H and O–H groups in total. The van der Waals surface area contributed by atoms with Crippen molar-refractivity contribution in [2.75, 3.05) is 13.7 Å². The van der Waals surface area contributed by atoms with E-state index in [1.165, 1.54) is 5.56 Å². The average Bonchev–Trinajstić information content (AvgIpc) is 2.89. The van der Waals surface area contributed by atoms with Gasteiger partial charge in [0.15, 0.2) is 0 Å². The molecular weight excluding hydrogens is 264 g/mol. The molecule has 1 aliphatic heterocycles. The Morgan fingerprint density at radius 1 is 1.05 bits per heavy atom. The molecule has 0 aromatic heterocycles. The van der Waals surface area contributed by atoms with E-state index in [-0.39, 0.29) is 5.97 Å². The molecule has 0 fully saturated rings. The number of hydrogen-bond donors (Lipinski definition) is 0. The van der Waals surface area contributed by atoms with E-state index in [1.807, 2.05) is 42.5 Å². The fourth-order valence-electron chi connectivity index (χ4n) is 2.50. The summed E-state index contributed by atoms with van der Waals surface area (Å²) in [5, 5.41) is 0. The van der Waals surface area contributed by atoms with Crippen molar-refractivity contribution < 1.29 is 14.3 Å². The molecule has 0 saturated heterocycles. The second kappa shape index (κ2) is 5.83. The standard InChI is InChI=1S/C18H16O3/c1-20-16-9-7-14(8-10-16)17-15(12-21-18(17)19)11-13-5-3-2-4-6-13/h2-10H,11-12H2,1H3. The molecule has 0 atom stereocenters. The van der Waals surface area contributed by atoms with Crippen molar-refractivity contribution in [3.05, 3.63) is 71.3 Å². The Labute approximate surface area is 123 Å². The van der Waals surface area contributed by atoms with Crippen LogP contribution >= 0.6 is 0 Å². The minimum Gasteiger partial charge on any atom is -0.497 e. The van der Waals surface area contributed by atoms with Gasteiger partial charge in [0.1, 0.15) is 12.4 Å². The molecule has 0 unspecified atom stereocenters. The van der Waals surface area contributed by atoms with Gasteiger partial charge in [-0.15, -0.1) is 0 Å². The fraction of sp³-hybridized carbons (Fsp3) is 0.167. The monoisotopic (exact) mass is 280 g/mol. The summed E-state index contributed by atoms with van der Waals surface area (Å²) in [7, 11) is 1.62. The van der Waals surface area contributed by atoms with Crippen LogP contribution in [0, 0.1) is 0 Å². The zero-order valence-electron chi connectivity index (χ0n) is 11.8. The Balaban J connectivity index is 1.94. The number of rotatable bonds is 4. The number of carbonyl (C=O) groups excluding carboxylic acids is 1. The summed E-state index contributed by atoms with van der Waals surface area (Å²) < 4.78 is 10.4. The molecule has 21 heavy (non-hydrogen) atoms. The third-order valence-electron chi connectivity index (χ3n) is 3.57. The first-order chi connectivity index (χ1) is 10.3. The first-order valence-corrected chi connectivity index (χ1v) is 6.85. The van der Waals surface area contributed by atoms with Crippen LogP contribution in [-0.2, 0) is 16.0 Å². The van der Waals surface area contributed by atoms with Crippen molar-refractivity contribution in [3.8, 4) is 5.75 Å². The van der Waals surface area contributed by atoms with Gasteiger partial charge >= 0.3 is 5.97 Å². The van der Waals surface area contributed by atoms with E-state index in [2.05, 4.69) is 12.1 Å². The Bertz CT molecular complexity index is 669. The van der Waals surface area contributed by atoms with Crippen LogP contribution in [0.15, 0.2) is 60.2 Å². The van der Waals surface area contributed by atoms with Crippen molar-refractivity contribution in [1.82, 2.24) is 0 Å². The van der Waals surface area contributed by atoms with Crippen molar-refractivity contribution in [2.24, 2.45) is 0 Å². The van der Waals surface area contributed by atoms with Crippen LogP contribution in [0.5, 0.6) is 5.75 Å². The number of hydrogen-bond acceptors (Lipinski definition) is 3. The second-order valence-electron chi connectivity index (χ2n) is 4.95. The van der Waals surface area contributed by atoms with Gasteiger partial charge in [-0.05, 0) is 35.3 Å². The molecule has 0 saturated carbocycles. The highest BCUT2D eigenvalue weighted by Gasteiger charge is 2.26. The van der Waals surface area contributed by atoms with Gasteiger partial charge in [0.25, 0.3) is 0 Å². The smallest absolute Gasteiger partial charge is 0.339 e. The lowest BCUT2D eigenvalue weighted by molar-refractivity contribution is -0.134. The predicted octanol–water partition coefficient (Wildman–Crippen LogP) is 3.25. The van der Waals surface area contributed by atoms with E-state index in [9.17, 15) is 4.79 Å². The first kappa shape index (κ1) is 13.4. The zero-order chi connectivity index (χ0) is 14.7. The zero-order valence-corrected chi connectivity index (χ0v) is 11.8. The Morgan fingerprint density at radius 3 is 2.43 bits per heavy atom. The minimum atomic E-state index is -0.244. The van der Waals surface area contributed by atoms with Crippen LogP contribution in [0.2, 0.25) is 0 Å². The third-order valence-corrected chi connectivity index (χ3v) is 3.57. The second-order valence-corrected chi connectivity index (χ2v) is 4.95. The summed E-state index contributed by atoms with van der Waals surface area (Å²) in [6.07, 6.45) is 0.730. The van der Waals surface area contributed by atoms with Crippen LogP contribution in [-0.4, -0.2) is 19.7 Å². The number of benzene rings is 2. The molecule has 0 spiro atoms. The summed E-state index contributed by atoms with van der Waals surface area (Å²) in [4.78, 5) is 12.0. The van der Waals surface area contributed by atoms with Gasteiger partial charge in [0.2, 0.25) is 0 Å². The maximum Gasteiger partial charge on any atom is 0.339 e. The van der Waals surface area contributed by atoms with Crippen LogP contribution in [0.3, 0.4) is 0 Å². The number of carbonyl (C=O) groups is 1. The first-order valence-electron chi connectivity index (χ1n) is 6.85. The molecule has 2 aromatic rings. The summed E-state index contributed by atoms with van der Waals surface area (Å²) in [5.41, 5.74) is 3.76. The average molecular weight is 280 g/mol. The molecule has 1 aliphatic rings. The van der Waals surface area contributed by atoms with E-state index in [1.54, 1.807) is 7.11 Å². The molecule has 3 heteroatoms. The Morgan fingerprint density at radius 2 is 1.76 bits per heavy atom. The molecule has 1 heterocycles. The third kappa shape index (κ3) is 2.82. The lowest BCUT2D eigenvalue weighted by Crippen LogP contribution is -1.99. The van der Waals surface area contributed by atoms with Gasteiger partial charge < -0.3 is 9.47 Å². The van der Waals surface area contributed by atoms with Crippen molar-refractivity contribution >= 4 is 11.5 Å². The lowest BCUT2D eigenvalue weighted by atomic mass is 9.97.